The molecule has 0 radical (unpaired) electrons. The quantitative estimate of drug-likeness (QED) is 0.516. The zero-order valence-corrected chi connectivity index (χ0v) is 19.7. The van der Waals surface area contributed by atoms with Gasteiger partial charge in [-0.2, -0.15) is 5.10 Å². The Balaban J connectivity index is 1.36. The van der Waals surface area contributed by atoms with Crippen molar-refractivity contribution in [3.05, 3.63) is 83.7 Å². The summed E-state index contributed by atoms with van der Waals surface area (Å²) in [6, 6.07) is 19.1. The van der Waals surface area contributed by atoms with Gasteiger partial charge >= 0.3 is 0 Å². The summed E-state index contributed by atoms with van der Waals surface area (Å²) in [5, 5.41) is 7.68. The molecule has 1 fully saturated rings. The highest BCUT2D eigenvalue weighted by Gasteiger charge is 2.32. The second-order valence-electron chi connectivity index (χ2n) is 8.42. The average Bonchev–Trinajstić information content (AvgIpc) is 3.20. The molecule has 2 heterocycles. The number of para-hydroxylation sites is 1. The first kappa shape index (κ1) is 23.2. The second-order valence-corrected chi connectivity index (χ2v) is 10.7. The fourth-order valence-corrected chi connectivity index (χ4v) is 5.42. The molecule has 8 heteroatoms. The van der Waals surface area contributed by atoms with Crippen molar-refractivity contribution in [3.8, 4) is 5.69 Å². The van der Waals surface area contributed by atoms with Crippen LogP contribution in [-0.4, -0.2) is 60.1 Å². The molecule has 0 saturated carbocycles. The highest BCUT2D eigenvalue weighted by atomic mass is 32.2. The molecule has 0 bridgehead atoms. The van der Waals surface area contributed by atoms with Crippen LogP contribution >= 0.6 is 0 Å². The SMILES string of the molecule is Cc1nn(-c2ccccc2)cc1CCCNC(=O)C(c1ccccc1)N1CCS(=O)(=O)CC1. The maximum atomic E-state index is 13.2. The first-order chi connectivity index (χ1) is 15.9. The van der Waals surface area contributed by atoms with Crippen molar-refractivity contribution in [3.63, 3.8) is 0 Å². The Morgan fingerprint density at radius 2 is 1.67 bits per heavy atom. The van der Waals surface area contributed by atoms with Crippen LogP contribution in [0.1, 0.15) is 29.3 Å². The van der Waals surface area contributed by atoms with Crippen molar-refractivity contribution in [1.82, 2.24) is 20.0 Å². The fourth-order valence-electron chi connectivity index (χ4n) is 4.19. The Bertz CT molecular complexity index is 1160. The third-order valence-corrected chi connectivity index (χ3v) is 7.66. The van der Waals surface area contributed by atoms with Crippen LogP contribution in [0.5, 0.6) is 0 Å². The van der Waals surface area contributed by atoms with Crippen LogP contribution in [0.4, 0.5) is 0 Å². The summed E-state index contributed by atoms with van der Waals surface area (Å²) < 4.78 is 25.6. The highest BCUT2D eigenvalue weighted by Crippen LogP contribution is 2.23. The third-order valence-electron chi connectivity index (χ3n) is 6.05. The van der Waals surface area contributed by atoms with Gasteiger partial charge in [-0.3, -0.25) is 9.69 Å². The van der Waals surface area contributed by atoms with E-state index in [0.29, 0.717) is 19.6 Å². The van der Waals surface area contributed by atoms with Gasteiger partial charge in [0.15, 0.2) is 9.84 Å². The number of benzene rings is 2. The fraction of sp³-hybridized carbons (Fsp3) is 0.360. The van der Waals surface area contributed by atoms with Crippen LogP contribution in [-0.2, 0) is 21.1 Å². The van der Waals surface area contributed by atoms with Crippen molar-refractivity contribution in [2.45, 2.75) is 25.8 Å². The van der Waals surface area contributed by atoms with E-state index in [-0.39, 0.29) is 17.4 Å². The number of rotatable bonds is 8. The van der Waals surface area contributed by atoms with E-state index in [1.54, 1.807) is 0 Å². The van der Waals surface area contributed by atoms with Gasteiger partial charge in [0.25, 0.3) is 0 Å². The molecule has 2 aromatic carbocycles. The number of nitrogens with zero attached hydrogens (tertiary/aromatic N) is 3. The standard InChI is InChI=1S/C25H30N4O3S/c1-20-22(19-29(27-20)23-12-6-3-7-13-23)11-8-14-26-25(30)24(21-9-4-2-5-10-21)28-15-17-33(31,32)18-16-28/h2-7,9-10,12-13,19,24H,8,11,14-18H2,1H3,(H,26,30). The van der Waals surface area contributed by atoms with Crippen LogP contribution in [0.3, 0.4) is 0 Å². The molecule has 1 N–H and O–H groups in total. The van der Waals surface area contributed by atoms with Crippen LogP contribution in [0.2, 0.25) is 0 Å². The van der Waals surface area contributed by atoms with Gasteiger partial charge in [0.05, 0.1) is 22.9 Å². The Hall–Kier alpha value is -2.97. The van der Waals surface area contributed by atoms with Crippen molar-refractivity contribution >= 4 is 15.7 Å². The molecule has 1 saturated heterocycles. The van der Waals surface area contributed by atoms with Crippen molar-refractivity contribution in [2.24, 2.45) is 0 Å². The lowest BCUT2D eigenvalue weighted by Crippen LogP contribution is -2.47. The average molecular weight is 467 g/mol. The van der Waals surface area contributed by atoms with Gasteiger partial charge < -0.3 is 5.32 Å². The number of aromatic nitrogens is 2. The van der Waals surface area contributed by atoms with Gasteiger partial charge in [0.2, 0.25) is 5.91 Å². The summed E-state index contributed by atoms with van der Waals surface area (Å²) in [5.41, 5.74) is 4.06. The molecular formula is C25H30N4O3S. The first-order valence-corrected chi connectivity index (χ1v) is 13.1. The van der Waals surface area contributed by atoms with E-state index < -0.39 is 15.9 Å². The summed E-state index contributed by atoms with van der Waals surface area (Å²) in [4.78, 5) is 15.1. The van der Waals surface area contributed by atoms with Gasteiger partial charge in [0.1, 0.15) is 6.04 Å². The number of hydrogen-bond acceptors (Lipinski definition) is 5. The summed E-state index contributed by atoms with van der Waals surface area (Å²) in [6.45, 7) is 3.29. The molecule has 0 spiro atoms. The van der Waals surface area contributed by atoms with E-state index in [4.69, 9.17) is 0 Å². The summed E-state index contributed by atoms with van der Waals surface area (Å²) in [5.74, 6) is 0.0972. The smallest absolute Gasteiger partial charge is 0.241 e. The van der Waals surface area contributed by atoms with E-state index in [1.165, 1.54) is 0 Å². The maximum Gasteiger partial charge on any atom is 0.241 e. The number of amides is 1. The van der Waals surface area contributed by atoms with E-state index >= 15 is 0 Å². The van der Waals surface area contributed by atoms with Crippen molar-refractivity contribution in [2.75, 3.05) is 31.1 Å². The molecule has 1 amide bonds. The minimum Gasteiger partial charge on any atom is -0.354 e. The molecule has 33 heavy (non-hydrogen) atoms. The van der Waals surface area contributed by atoms with Gasteiger partial charge in [-0.15, -0.1) is 0 Å². The molecule has 7 nitrogen and oxygen atoms in total. The molecule has 1 aromatic heterocycles. The number of nitrogens with one attached hydrogen (secondary N) is 1. The summed E-state index contributed by atoms with van der Waals surface area (Å²) >= 11 is 0. The predicted molar refractivity (Wildman–Crippen MR) is 129 cm³/mol. The lowest BCUT2D eigenvalue weighted by Gasteiger charge is -2.33. The minimum absolute atomic E-state index is 0.0859. The second kappa shape index (κ2) is 10.3. The zero-order chi connectivity index (χ0) is 23.3. The van der Waals surface area contributed by atoms with E-state index in [2.05, 4.69) is 10.4 Å². The lowest BCUT2D eigenvalue weighted by atomic mass is 10.0. The normalized spacial score (nSPS) is 16.9. The lowest BCUT2D eigenvalue weighted by molar-refractivity contribution is -0.126. The van der Waals surface area contributed by atoms with Crippen molar-refractivity contribution in [1.29, 1.82) is 0 Å². The van der Waals surface area contributed by atoms with E-state index in [9.17, 15) is 13.2 Å². The molecule has 1 aliphatic rings. The predicted octanol–water partition coefficient (Wildman–Crippen LogP) is 2.70. The Kier molecular flexibility index (Phi) is 7.25. The van der Waals surface area contributed by atoms with Gasteiger partial charge in [-0.25, -0.2) is 13.1 Å². The number of hydrogen-bond donors (Lipinski definition) is 1. The third kappa shape index (κ3) is 5.89. The van der Waals surface area contributed by atoms with Crippen LogP contribution < -0.4 is 5.32 Å². The molecule has 3 aromatic rings. The molecule has 174 valence electrons. The zero-order valence-electron chi connectivity index (χ0n) is 18.9. The highest BCUT2D eigenvalue weighted by molar-refractivity contribution is 7.91. The number of aryl methyl sites for hydroxylation is 2. The minimum atomic E-state index is -3.01. The Labute approximate surface area is 195 Å². The van der Waals surface area contributed by atoms with E-state index in [0.717, 1.165) is 35.3 Å². The Morgan fingerprint density at radius 1 is 1.03 bits per heavy atom. The number of carbonyl (C=O) groups is 1. The largest absolute Gasteiger partial charge is 0.354 e. The van der Waals surface area contributed by atoms with Crippen LogP contribution in [0.15, 0.2) is 66.9 Å². The molecule has 1 atom stereocenters. The van der Waals surface area contributed by atoms with E-state index in [1.807, 2.05) is 83.4 Å². The first-order valence-electron chi connectivity index (χ1n) is 11.3. The monoisotopic (exact) mass is 466 g/mol. The maximum absolute atomic E-state index is 13.2. The van der Waals surface area contributed by atoms with Gasteiger partial charge in [0, 0.05) is 25.8 Å². The number of carbonyl (C=O) groups excluding carboxylic acids is 1. The summed E-state index contributed by atoms with van der Waals surface area (Å²) in [6.07, 6.45) is 3.66. The van der Waals surface area contributed by atoms with Crippen molar-refractivity contribution < 1.29 is 13.2 Å². The molecule has 0 aliphatic carbocycles. The number of sulfone groups is 1. The van der Waals surface area contributed by atoms with Gasteiger partial charge in [-0.1, -0.05) is 48.5 Å². The molecule has 4 rings (SSSR count). The molecular weight excluding hydrogens is 436 g/mol. The van der Waals surface area contributed by atoms with Crippen LogP contribution in [0, 0.1) is 6.92 Å². The van der Waals surface area contributed by atoms with Crippen LogP contribution in [0.25, 0.3) is 5.69 Å². The van der Waals surface area contributed by atoms with Gasteiger partial charge in [-0.05, 0) is 43.0 Å². The summed E-state index contributed by atoms with van der Waals surface area (Å²) in [7, 11) is -3.01. The molecule has 1 unspecified atom stereocenters. The topological polar surface area (TPSA) is 84.3 Å². The molecule has 1 aliphatic heterocycles. The Morgan fingerprint density at radius 3 is 2.33 bits per heavy atom.